The smallest absolute Gasteiger partial charge is 0.270 e. The van der Waals surface area contributed by atoms with Gasteiger partial charge in [-0.25, -0.2) is 8.42 Å². The van der Waals surface area contributed by atoms with Gasteiger partial charge in [-0.2, -0.15) is 5.10 Å². The molecule has 4 aromatic rings. The molecule has 2 N–H and O–H groups in total. The first-order valence-electron chi connectivity index (χ1n) is 11.1. The number of hydrogen-bond acceptors (Lipinski definition) is 6. The number of benzene rings is 4. The monoisotopic (exact) mass is 500 g/mol. The fourth-order valence-corrected chi connectivity index (χ4v) is 4.94. The molecule has 9 heteroatoms. The zero-order valence-electron chi connectivity index (χ0n) is 19.7. The van der Waals surface area contributed by atoms with Crippen LogP contribution in [0.25, 0.3) is 11.1 Å². The van der Waals surface area contributed by atoms with Gasteiger partial charge in [0.2, 0.25) is 0 Å². The number of hydrazone groups is 1. The quantitative estimate of drug-likeness (QED) is 0.172. The fraction of sp³-hybridized carbons (Fsp3) is 0.0741. The van der Waals surface area contributed by atoms with E-state index >= 15 is 0 Å². The zero-order chi connectivity index (χ0) is 25.7. The molecule has 8 nitrogen and oxygen atoms in total. The first-order chi connectivity index (χ1) is 17.2. The topological polar surface area (TPSA) is 114 Å². The van der Waals surface area contributed by atoms with Gasteiger partial charge in [-0.1, -0.05) is 72.3 Å². The molecule has 0 radical (unpaired) electrons. The Morgan fingerprint density at radius 1 is 0.833 bits per heavy atom. The van der Waals surface area contributed by atoms with Gasteiger partial charge < -0.3 is 0 Å². The molecular formula is C27H24N4O4S. The third kappa shape index (κ3) is 5.76. The van der Waals surface area contributed by atoms with Crippen LogP contribution in [0.15, 0.2) is 101 Å². The highest BCUT2D eigenvalue weighted by Crippen LogP contribution is 2.29. The average molecular weight is 501 g/mol. The second-order valence-electron chi connectivity index (χ2n) is 8.22. The van der Waals surface area contributed by atoms with E-state index in [1.54, 1.807) is 25.3 Å². The van der Waals surface area contributed by atoms with E-state index in [0.29, 0.717) is 5.69 Å². The number of aryl methyl sites for hydroxylation is 2. The summed E-state index contributed by atoms with van der Waals surface area (Å²) < 4.78 is 29.0. The van der Waals surface area contributed by atoms with Gasteiger partial charge in [-0.3, -0.25) is 20.3 Å². The Balaban J connectivity index is 1.59. The highest BCUT2D eigenvalue weighted by Gasteiger charge is 2.23. The lowest BCUT2D eigenvalue weighted by molar-refractivity contribution is -0.385. The van der Waals surface area contributed by atoms with Gasteiger partial charge in [0.1, 0.15) is 4.90 Å². The second kappa shape index (κ2) is 10.4. The lowest BCUT2D eigenvalue weighted by Gasteiger charge is -2.14. The third-order valence-corrected chi connectivity index (χ3v) is 6.91. The molecule has 0 aliphatic rings. The van der Waals surface area contributed by atoms with E-state index in [9.17, 15) is 18.5 Å². The lowest BCUT2D eigenvalue weighted by atomic mass is 10.0. The Hall–Kier alpha value is -4.50. The van der Waals surface area contributed by atoms with Crippen LogP contribution >= 0.6 is 0 Å². The molecular weight excluding hydrogens is 476 g/mol. The van der Waals surface area contributed by atoms with Gasteiger partial charge in [0, 0.05) is 12.1 Å². The third-order valence-electron chi connectivity index (χ3n) is 5.51. The number of hydrogen-bond donors (Lipinski definition) is 2. The number of nitrogens with zero attached hydrogens (tertiary/aromatic N) is 2. The molecule has 0 atom stereocenters. The van der Waals surface area contributed by atoms with Crippen molar-refractivity contribution in [2.75, 3.05) is 10.1 Å². The molecule has 0 aliphatic carbocycles. The van der Waals surface area contributed by atoms with Crippen LogP contribution in [0.3, 0.4) is 0 Å². The van der Waals surface area contributed by atoms with Crippen LogP contribution in [0, 0.1) is 24.0 Å². The van der Waals surface area contributed by atoms with Crippen molar-refractivity contribution in [3.8, 4) is 11.1 Å². The van der Waals surface area contributed by atoms with Gasteiger partial charge in [-0.15, -0.1) is 0 Å². The van der Waals surface area contributed by atoms with Crippen molar-refractivity contribution in [1.29, 1.82) is 0 Å². The van der Waals surface area contributed by atoms with Crippen LogP contribution in [-0.2, 0) is 10.0 Å². The van der Waals surface area contributed by atoms with Gasteiger partial charge in [0.15, 0.2) is 0 Å². The van der Waals surface area contributed by atoms with Crippen molar-refractivity contribution in [1.82, 2.24) is 0 Å². The highest BCUT2D eigenvalue weighted by molar-refractivity contribution is 7.92. The van der Waals surface area contributed by atoms with E-state index in [4.69, 9.17) is 0 Å². The van der Waals surface area contributed by atoms with Gasteiger partial charge >= 0.3 is 0 Å². The minimum atomic E-state index is -4.16. The average Bonchev–Trinajstić information content (AvgIpc) is 2.86. The summed E-state index contributed by atoms with van der Waals surface area (Å²) in [5.41, 5.74) is 7.53. The van der Waals surface area contributed by atoms with Crippen molar-refractivity contribution in [2.24, 2.45) is 5.10 Å². The Bertz CT molecular complexity index is 1530. The fourth-order valence-electron chi connectivity index (χ4n) is 3.64. The van der Waals surface area contributed by atoms with Crippen LogP contribution < -0.4 is 10.1 Å². The number of nitro groups is 1. The standard InChI is InChI=1S/C27H24N4O4S/c1-19-8-14-25(20(2)16-19)30-36(34,35)27-17-24(31(32)33)13-15-26(27)29-28-18-21-9-11-23(12-10-21)22-6-4-3-5-7-22/h3-18,29-30H,1-2H3/b28-18+. The summed E-state index contributed by atoms with van der Waals surface area (Å²) in [6, 6.07) is 26.5. The van der Waals surface area contributed by atoms with Crippen molar-refractivity contribution in [3.05, 3.63) is 118 Å². The number of nitro benzene ring substituents is 1. The second-order valence-corrected chi connectivity index (χ2v) is 9.87. The van der Waals surface area contributed by atoms with Crippen LogP contribution in [0.4, 0.5) is 17.1 Å². The number of anilines is 2. The molecule has 0 bridgehead atoms. The van der Waals surface area contributed by atoms with E-state index in [-0.39, 0.29) is 16.3 Å². The molecule has 0 amide bonds. The van der Waals surface area contributed by atoms with Crippen LogP contribution in [0.5, 0.6) is 0 Å². The zero-order valence-corrected chi connectivity index (χ0v) is 20.5. The largest absolute Gasteiger partial charge is 0.279 e. The minimum absolute atomic E-state index is 0.107. The van der Waals surface area contributed by atoms with Crippen molar-refractivity contribution >= 4 is 33.3 Å². The molecule has 182 valence electrons. The summed E-state index contributed by atoms with van der Waals surface area (Å²) in [7, 11) is -4.16. The predicted octanol–water partition coefficient (Wildman–Crippen LogP) is 6.13. The Morgan fingerprint density at radius 3 is 2.17 bits per heavy atom. The molecule has 0 aromatic heterocycles. The molecule has 0 heterocycles. The maximum Gasteiger partial charge on any atom is 0.270 e. The first kappa shape index (κ1) is 24.6. The van der Waals surface area contributed by atoms with Crippen LogP contribution in [0.2, 0.25) is 0 Å². The van der Waals surface area contributed by atoms with E-state index in [1.807, 2.05) is 67.6 Å². The molecule has 4 rings (SSSR count). The van der Waals surface area contributed by atoms with Gasteiger partial charge in [0.25, 0.3) is 15.7 Å². The molecule has 0 aliphatic heterocycles. The van der Waals surface area contributed by atoms with E-state index in [0.717, 1.165) is 33.9 Å². The molecule has 4 aromatic carbocycles. The number of non-ortho nitro benzene ring substituents is 1. The number of sulfonamides is 1. The summed E-state index contributed by atoms with van der Waals surface area (Å²) in [5.74, 6) is 0. The summed E-state index contributed by atoms with van der Waals surface area (Å²) >= 11 is 0. The minimum Gasteiger partial charge on any atom is -0.279 e. The maximum atomic E-state index is 13.2. The van der Waals surface area contributed by atoms with Crippen LogP contribution in [-0.4, -0.2) is 19.6 Å². The van der Waals surface area contributed by atoms with Crippen molar-refractivity contribution in [2.45, 2.75) is 18.7 Å². The van der Waals surface area contributed by atoms with Gasteiger partial charge in [0.05, 0.1) is 22.5 Å². The lowest BCUT2D eigenvalue weighted by Crippen LogP contribution is -2.16. The highest BCUT2D eigenvalue weighted by atomic mass is 32.2. The first-order valence-corrected chi connectivity index (χ1v) is 12.5. The molecule has 0 spiro atoms. The SMILES string of the molecule is Cc1ccc(NS(=O)(=O)c2cc([N+](=O)[O-])ccc2N/N=C/c2ccc(-c3ccccc3)cc2)c(C)c1. The predicted molar refractivity (Wildman–Crippen MR) is 143 cm³/mol. The Morgan fingerprint density at radius 2 is 1.50 bits per heavy atom. The van der Waals surface area contributed by atoms with Crippen molar-refractivity contribution in [3.63, 3.8) is 0 Å². The molecule has 0 saturated carbocycles. The summed E-state index contributed by atoms with van der Waals surface area (Å²) in [5, 5.41) is 15.5. The Kier molecular flexibility index (Phi) is 7.12. The molecule has 0 unspecified atom stereocenters. The molecule has 0 saturated heterocycles. The summed E-state index contributed by atoms with van der Waals surface area (Å²) in [6.45, 7) is 3.69. The molecule has 0 fully saturated rings. The maximum absolute atomic E-state index is 13.2. The van der Waals surface area contributed by atoms with Gasteiger partial charge in [-0.05, 0) is 48.2 Å². The normalized spacial score (nSPS) is 11.4. The van der Waals surface area contributed by atoms with E-state index in [1.165, 1.54) is 12.1 Å². The summed E-state index contributed by atoms with van der Waals surface area (Å²) in [6.07, 6.45) is 1.55. The molecule has 36 heavy (non-hydrogen) atoms. The van der Waals surface area contributed by atoms with E-state index in [2.05, 4.69) is 15.2 Å². The van der Waals surface area contributed by atoms with Crippen LogP contribution in [0.1, 0.15) is 16.7 Å². The number of rotatable bonds is 8. The van der Waals surface area contributed by atoms with Crippen molar-refractivity contribution < 1.29 is 13.3 Å². The number of nitrogens with one attached hydrogen (secondary N) is 2. The summed E-state index contributed by atoms with van der Waals surface area (Å²) in [4.78, 5) is 10.4. The Labute approximate surface area is 209 Å². The van der Waals surface area contributed by atoms with E-state index < -0.39 is 14.9 Å².